The van der Waals surface area contributed by atoms with Crippen molar-refractivity contribution in [2.24, 2.45) is 0 Å². The Kier molecular flexibility index (Phi) is 7.15. The molecule has 0 unspecified atom stereocenters. The van der Waals surface area contributed by atoms with Gasteiger partial charge in [0.15, 0.2) is 18.1 Å². The van der Waals surface area contributed by atoms with Crippen molar-refractivity contribution in [1.82, 2.24) is 0 Å². The Morgan fingerprint density at radius 1 is 0.926 bits per heavy atom. The molecule has 9 heteroatoms. The normalized spacial score (nSPS) is 10.1. The molecule has 0 aromatic heterocycles. The topological polar surface area (TPSA) is 83.1 Å². The van der Waals surface area contributed by atoms with Gasteiger partial charge in [-0.15, -0.1) is 0 Å². The predicted octanol–water partition coefficient (Wildman–Crippen LogP) is 3.81. The van der Waals surface area contributed by atoms with Gasteiger partial charge >= 0.3 is 5.97 Å². The number of hydrogen-bond donors (Lipinski definition) is 1. The van der Waals surface area contributed by atoms with E-state index < -0.39 is 18.5 Å². The van der Waals surface area contributed by atoms with Crippen LogP contribution in [-0.4, -0.2) is 39.8 Å². The van der Waals surface area contributed by atoms with Gasteiger partial charge in [-0.2, -0.15) is 0 Å². The monoisotopic (exact) mass is 413 g/mol. The van der Waals surface area contributed by atoms with Crippen LogP contribution in [-0.2, 0) is 9.53 Å². The van der Waals surface area contributed by atoms with E-state index in [2.05, 4.69) is 5.32 Å². The molecule has 0 aliphatic heterocycles. The highest BCUT2D eigenvalue weighted by Gasteiger charge is 2.18. The molecule has 0 saturated heterocycles. The molecule has 2 rings (SSSR count). The summed E-state index contributed by atoms with van der Waals surface area (Å²) < 4.78 is 20.6. The number of amides is 1. The van der Waals surface area contributed by atoms with Crippen molar-refractivity contribution < 1.29 is 28.5 Å². The Labute approximate surface area is 166 Å². The molecule has 0 aliphatic carbocycles. The van der Waals surface area contributed by atoms with E-state index >= 15 is 0 Å². The lowest BCUT2D eigenvalue weighted by molar-refractivity contribution is -0.119. The number of carbonyl (C=O) groups is 2. The van der Waals surface area contributed by atoms with Crippen molar-refractivity contribution in [2.75, 3.05) is 33.3 Å². The highest BCUT2D eigenvalue weighted by Crippen LogP contribution is 2.38. The first-order valence-electron chi connectivity index (χ1n) is 7.61. The van der Waals surface area contributed by atoms with Gasteiger partial charge in [0.1, 0.15) is 0 Å². The van der Waals surface area contributed by atoms with Crippen molar-refractivity contribution in [3.63, 3.8) is 0 Å². The number of esters is 1. The van der Waals surface area contributed by atoms with Gasteiger partial charge in [-0.1, -0.05) is 23.2 Å². The van der Waals surface area contributed by atoms with E-state index in [0.717, 1.165) is 0 Å². The summed E-state index contributed by atoms with van der Waals surface area (Å²) in [6, 6.07) is 7.47. The molecule has 0 atom stereocenters. The molecule has 27 heavy (non-hydrogen) atoms. The average molecular weight is 414 g/mol. The number of carbonyl (C=O) groups excluding carboxylic acids is 2. The molecule has 1 N–H and O–H groups in total. The molecule has 144 valence electrons. The third-order valence-corrected chi connectivity index (χ3v) is 4.18. The second-order valence-electron chi connectivity index (χ2n) is 5.17. The molecule has 0 bridgehead atoms. The number of rotatable bonds is 7. The van der Waals surface area contributed by atoms with Gasteiger partial charge in [0.2, 0.25) is 5.75 Å². The second-order valence-corrected chi connectivity index (χ2v) is 5.98. The molecule has 0 aliphatic rings. The molecule has 0 fully saturated rings. The molecular weight excluding hydrogens is 397 g/mol. The molecule has 1 amide bonds. The Morgan fingerprint density at radius 2 is 1.56 bits per heavy atom. The molecular formula is C18H17Cl2NO6. The van der Waals surface area contributed by atoms with E-state index in [9.17, 15) is 9.59 Å². The Balaban J connectivity index is 2.04. The maximum absolute atomic E-state index is 12.2. The number of hydrogen-bond acceptors (Lipinski definition) is 6. The van der Waals surface area contributed by atoms with Crippen LogP contribution in [0.3, 0.4) is 0 Å². The smallest absolute Gasteiger partial charge is 0.338 e. The summed E-state index contributed by atoms with van der Waals surface area (Å²) in [5, 5.41) is 3.21. The Hall–Kier alpha value is -2.64. The average Bonchev–Trinajstić information content (AvgIpc) is 2.67. The van der Waals surface area contributed by atoms with Crippen LogP contribution in [0.2, 0.25) is 10.0 Å². The zero-order valence-corrected chi connectivity index (χ0v) is 16.3. The third kappa shape index (κ3) is 5.18. The first-order chi connectivity index (χ1) is 12.9. The standard InChI is InChI=1S/C18H17Cl2NO6/c1-24-14-6-10(7-15(25-2)17(14)26-3)18(23)27-9-16(22)21-11-4-5-12(19)13(20)8-11/h4-8H,9H2,1-3H3,(H,21,22). The van der Waals surface area contributed by atoms with Crippen LogP contribution in [0.5, 0.6) is 17.2 Å². The number of nitrogens with one attached hydrogen (secondary N) is 1. The second kappa shape index (κ2) is 9.34. The van der Waals surface area contributed by atoms with E-state index in [1.54, 1.807) is 12.1 Å². The van der Waals surface area contributed by atoms with Gasteiger partial charge in [-0.25, -0.2) is 4.79 Å². The number of methoxy groups -OCH3 is 3. The number of ether oxygens (including phenoxy) is 4. The zero-order chi connectivity index (χ0) is 20.0. The lowest BCUT2D eigenvalue weighted by Crippen LogP contribution is -2.21. The number of halogens is 2. The minimum atomic E-state index is -0.724. The Morgan fingerprint density at radius 3 is 2.07 bits per heavy atom. The van der Waals surface area contributed by atoms with Gasteiger partial charge in [0.05, 0.1) is 36.9 Å². The lowest BCUT2D eigenvalue weighted by Gasteiger charge is -2.13. The molecule has 0 heterocycles. The highest BCUT2D eigenvalue weighted by atomic mass is 35.5. The molecule has 2 aromatic carbocycles. The van der Waals surface area contributed by atoms with Gasteiger partial charge < -0.3 is 24.3 Å². The molecule has 0 saturated carbocycles. The maximum Gasteiger partial charge on any atom is 0.338 e. The van der Waals surface area contributed by atoms with Crippen molar-refractivity contribution in [3.8, 4) is 17.2 Å². The molecule has 2 aromatic rings. The van der Waals surface area contributed by atoms with Crippen molar-refractivity contribution in [2.45, 2.75) is 0 Å². The summed E-state index contributed by atoms with van der Waals surface area (Å²) in [6.45, 7) is -0.490. The van der Waals surface area contributed by atoms with Crippen molar-refractivity contribution in [3.05, 3.63) is 45.9 Å². The highest BCUT2D eigenvalue weighted by molar-refractivity contribution is 6.42. The van der Waals surface area contributed by atoms with Crippen LogP contribution >= 0.6 is 23.2 Å². The van der Waals surface area contributed by atoms with E-state index in [4.69, 9.17) is 42.1 Å². The van der Waals surface area contributed by atoms with Gasteiger partial charge in [-0.3, -0.25) is 4.79 Å². The van der Waals surface area contributed by atoms with Crippen molar-refractivity contribution in [1.29, 1.82) is 0 Å². The van der Waals surface area contributed by atoms with Gasteiger partial charge in [-0.05, 0) is 30.3 Å². The van der Waals surface area contributed by atoms with E-state index in [0.29, 0.717) is 33.0 Å². The summed E-state index contributed by atoms with van der Waals surface area (Å²) in [5.41, 5.74) is 0.574. The quantitative estimate of drug-likeness (QED) is 0.694. The number of anilines is 1. The molecule has 7 nitrogen and oxygen atoms in total. The fraction of sp³-hybridized carbons (Fsp3) is 0.222. The zero-order valence-electron chi connectivity index (χ0n) is 14.8. The summed E-state index contributed by atoms with van der Waals surface area (Å²) in [4.78, 5) is 24.2. The van der Waals surface area contributed by atoms with Gasteiger partial charge in [0, 0.05) is 5.69 Å². The predicted molar refractivity (Wildman–Crippen MR) is 101 cm³/mol. The fourth-order valence-electron chi connectivity index (χ4n) is 2.18. The van der Waals surface area contributed by atoms with Crippen LogP contribution in [0.4, 0.5) is 5.69 Å². The summed E-state index contributed by atoms with van der Waals surface area (Å²) >= 11 is 11.7. The molecule has 0 radical (unpaired) electrons. The largest absolute Gasteiger partial charge is 0.493 e. The van der Waals surface area contributed by atoms with E-state index in [1.807, 2.05) is 0 Å². The minimum Gasteiger partial charge on any atom is -0.493 e. The SMILES string of the molecule is COc1cc(C(=O)OCC(=O)Nc2ccc(Cl)c(Cl)c2)cc(OC)c1OC. The first kappa shape index (κ1) is 20.7. The third-order valence-electron chi connectivity index (χ3n) is 3.44. The first-order valence-corrected chi connectivity index (χ1v) is 8.37. The summed E-state index contributed by atoms with van der Waals surface area (Å²) in [7, 11) is 4.31. The van der Waals surface area contributed by atoms with Crippen LogP contribution < -0.4 is 19.5 Å². The summed E-state index contributed by atoms with van der Waals surface area (Å²) in [5.74, 6) is -0.324. The van der Waals surface area contributed by atoms with Crippen LogP contribution in [0, 0.1) is 0 Å². The fourth-order valence-corrected chi connectivity index (χ4v) is 2.48. The van der Waals surface area contributed by atoms with Gasteiger partial charge in [0.25, 0.3) is 5.91 Å². The Bertz CT molecular complexity index is 831. The molecule has 0 spiro atoms. The van der Waals surface area contributed by atoms with Crippen LogP contribution in [0.15, 0.2) is 30.3 Å². The lowest BCUT2D eigenvalue weighted by atomic mass is 10.2. The van der Waals surface area contributed by atoms with Crippen LogP contribution in [0.25, 0.3) is 0 Å². The van der Waals surface area contributed by atoms with E-state index in [-0.39, 0.29) is 5.56 Å². The van der Waals surface area contributed by atoms with E-state index in [1.165, 1.54) is 39.5 Å². The maximum atomic E-state index is 12.2. The minimum absolute atomic E-state index is 0.145. The van der Waals surface area contributed by atoms with Crippen molar-refractivity contribution >= 4 is 40.8 Å². The summed E-state index contributed by atoms with van der Waals surface area (Å²) in [6.07, 6.45) is 0. The van der Waals surface area contributed by atoms with Crippen LogP contribution in [0.1, 0.15) is 10.4 Å². The number of benzene rings is 2.